The first-order chi connectivity index (χ1) is 17.6. The van der Waals surface area contributed by atoms with Crippen LogP contribution in [0.3, 0.4) is 0 Å². The van der Waals surface area contributed by atoms with E-state index in [9.17, 15) is 14.7 Å². The highest BCUT2D eigenvalue weighted by atomic mass is 28.3. The minimum atomic E-state index is -1.44. The average Bonchev–Trinajstić information content (AvgIpc) is 3.15. The molecule has 0 radical (unpaired) electrons. The Kier molecular flexibility index (Phi) is 12.1. The summed E-state index contributed by atoms with van der Waals surface area (Å²) in [6.45, 7) is 14.9. The lowest BCUT2D eigenvalue weighted by atomic mass is 9.97. The second kappa shape index (κ2) is 14.8. The summed E-state index contributed by atoms with van der Waals surface area (Å²) in [7, 11) is 0.140. The van der Waals surface area contributed by atoms with Crippen molar-refractivity contribution >= 4 is 25.9 Å². The molecule has 1 aromatic carbocycles. The number of carbonyl (C=O) groups is 2. The predicted molar refractivity (Wildman–Crippen MR) is 144 cm³/mol. The van der Waals surface area contributed by atoms with Crippen LogP contribution in [0.1, 0.15) is 18.0 Å². The number of hydrogen-bond donors (Lipinski definition) is 2. The highest BCUT2D eigenvalue weighted by Gasteiger charge is 2.47. The summed E-state index contributed by atoms with van der Waals surface area (Å²) < 4.78 is 26.8. The Hall–Kier alpha value is -2.86. The first-order valence-electron chi connectivity index (χ1n) is 12.3. The zero-order chi connectivity index (χ0) is 27.4. The Morgan fingerprint density at radius 1 is 1.16 bits per heavy atom. The van der Waals surface area contributed by atoms with Crippen molar-refractivity contribution in [2.24, 2.45) is 0 Å². The number of nitrogens with zero attached hydrogens (tertiary/aromatic N) is 1. The summed E-state index contributed by atoms with van der Waals surface area (Å²) in [5.41, 5.74) is 1.06. The number of alkyl carbamates (subject to hydrolysis) is 1. The van der Waals surface area contributed by atoms with E-state index >= 15 is 0 Å². The normalized spacial score (nSPS) is 17.5. The molecule has 0 saturated carbocycles. The summed E-state index contributed by atoms with van der Waals surface area (Å²) in [5.74, 6) is 0.466. The lowest BCUT2D eigenvalue weighted by molar-refractivity contribution is -0.00851. The van der Waals surface area contributed by atoms with Gasteiger partial charge in [-0.05, 0) is 30.7 Å². The summed E-state index contributed by atoms with van der Waals surface area (Å²) in [6.07, 6.45) is 0.836. The molecule has 2 amide bonds. The van der Waals surface area contributed by atoms with E-state index in [1.165, 1.54) is 11.0 Å². The van der Waals surface area contributed by atoms with Crippen LogP contribution in [0, 0.1) is 0 Å². The second-order valence-electron chi connectivity index (χ2n) is 9.77. The fourth-order valence-corrected chi connectivity index (χ4v) is 4.51. The first kappa shape index (κ1) is 30.4. The Balaban J connectivity index is 2.39. The van der Waals surface area contributed by atoms with Crippen LogP contribution in [0.5, 0.6) is 5.75 Å². The molecular formula is C26H40N2O8Si. The SMILES string of the molecule is C=CCOC(=O)N[C@H]1c2cc(OCOCCOC)ccc2N(C(=O)OCC[Si](C)(C)C)[C@@H]1C(O)CC=C. The van der Waals surface area contributed by atoms with E-state index in [1.807, 2.05) is 0 Å². The lowest BCUT2D eigenvalue weighted by Crippen LogP contribution is -2.51. The highest BCUT2D eigenvalue weighted by Crippen LogP contribution is 2.43. The fraction of sp³-hybridized carbons (Fsp3) is 0.538. The largest absolute Gasteiger partial charge is 0.468 e. The smallest absolute Gasteiger partial charge is 0.414 e. The fourth-order valence-electron chi connectivity index (χ4n) is 3.80. The van der Waals surface area contributed by atoms with Crippen LogP contribution in [0.25, 0.3) is 0 Å². The van der Waals surface area contributed by atoms with Gasteiger partial charge in [-0.2, -0.15) is 0 Å². The van der Waals surface area contributed by atoms with Gasteiger partial charge >= 0.3 is 12.2 Å². The van der Waals surface area contributed by atoms with Crippen molar-refractivity contribution in [2.45, 2.75) is 50.3 Å². The Morgan fingerprint density at radius 3 is 2.57 bits per heavy atom. The maximum atomic E-state index is 13.3. The monoisotopic (exact) mass is 536 g/mol. The number of nitrogens with one attached hydrogen (secondary N) is 1. The molecule has 2 rings (SSSR count). The van der Waals surface area contributed by atoms with E-state index in [2.05, 4.69) is 38.1 Å². The Bertz CT molecular complexity index is 920. The molecule has 10 nitrogen and oxygen atoms in total. The standard InChI is InChI=1S/C26H40N2O8Si/c1-7-9-22(29)24-23(27-25(30)34-12-8-2)20-17-19(36-18-33-14-13-32-3)10-11-21(20)28(24)26(31)35-15-16-37(4,5)6/h7-8,10-11,17,22-24,29H,1-2,9,12-16,18H2,3-6H3,(H,27,30)/t22?,23-,24+/m0/s1. The van der Waals surface area contributed by atoms with E-state index in [1.54, 1.807) is 31.4 Å². The Morgan fingerprint density at radius 2 is 1.92 bits per heavy atom. The number of methoxy groups -OCH3 is 1. The van der Waals surface area contributed by atoms with E-state index in [0.717, 1.165) is 6.04 Å². The molecule has 1 unspecified atom stereocenters. The average molecular weight is 537 g/mol. The highest BCUT2D eigenvalue weighted by molar-refractivity contribution is 6.76. The maximum Gasteiger partial charge on any atom is 0.414 e. The number of hydrogen-bond acceptors (Lipinski definition) is 8. The van der Waals surface area contributed by atoms with E-state index in [0.29, 0.717) is 30.2 Å². The van der Waals surface area contributed by atoms with Crippen molar-refractivity contribution in [1.82, 2.24) is 5.32 Å². The molecule has 0 spiro atoms. The van der Waals surface area contributed by atoms with Gasteiger partial charge in [-0.15, -0.1) is 6.58 Å². The van der Waals surface area contributed by atoms with Crippen LogP contribution in [0.2, 0.25) is 25.7 Å². The zero-order valence-corrected chi connectivity index (χ0v) is 23.2. The first-order valence-corrected chi connectivity index (χ1v) is 16.0. The van der Waals surface area contributed by atoms with E-state index in [-0.39, 0.29) is 26.4 Å². The van der Waals surface area contributed by atoms with Crippen LogP contribution in [-0.4, -0.2) is 77.8 Å². The predicted octanol–water partition coefficient (Wildman–Crippen LogP) is 4.24. The molecule has 206 valence electrons. The van der Waals surface area contributed by atoms with Crippen molar-refractivity contribution in [3.63, 3.8) is 0 Å². The van der Waals surface area contributed by atoms with Gasteiger partial charge in [-0.3, -0.25) is 4.90 Å². The van der Waals surface area contributed by atoms with Crippen molar-refractivity contribution < 1.29 is 38.4 Å². The number of carbonyl (C=O) groups excluding carboxylic acids is 2. The molecule has 0 bridgehead atoms. The van der Waals surface area contributed by atoms with Crippen LogP contribution >= 0.6 is 0 Å². The summed E-state index contributed by atoms with van der Waals surface area (Å²) >= 11 is 0. The molecule has 0 saturated heterocycles. The molecule has 37 heavy (non-hydrogen) atoms. The van der Waals surface area contributed by atoms with Crippen molar-refractivity contribution in [1.29, 1.82) is 0 Å². The van der Waals surface area contributed by atoms with Crippen LogP contribution in [0.4, 0.5) is 15.3 Å². The van der Waals surface area contributed by atoms with Gasteiger partial charge in [0.05, 0.1) is 43.7 Å². The molecular weight excluding hydrogens is 496 g/mol. The van der Waals surface area contributed by atoms with Gasteiger partial charge in [-0.1, -0.05) is 38.4 Å². The van der Waals surface area contributed by atoms with Gasteiger partial charge in [-0.25, -0.2) is 9.59 Å². The number of fused-ring (bicyclic) bond motifs is 1. The van der Waals surface area contributed by atoms with Gasteiger partial charge in [0.15, 0.2) is 6.79 Å². The minimum Gasteiger partial charge on any atom is -0.468 e. The minimum absolute atomic E-state index is 0.00736. The summed E-state index contributed by atoms with van der Waals surface area (Å²) in [4.78, 5) is 27.3. The van der Waals surface area contributed by atoms with Crippen molar-refractivity contribution in [3.05, 3.63) is 49.1 Å². The van der Waals surface area contributed by atoms with Crippen LogP contribution in [-0.2, 0) is 18.9 Å². The number of ether oxygens (including phenoxy) is 5. The molecule has 0 aromatic heterocycles. The number of amides is 2. The molecule has 2 N–H and O–H groups in total. The molecule has 1 aromatic rings. The maximum absolute atomic E-state index is 13.3. The van der Waals surface area contributed by atoms with Crippen LogP contribution in [0.15, 0.2) is 43.5 Å². The van der Waals surface area contributed by atoms with Crippen molar-refractivity contribution in [3.8, 4) is 5.75 Å². The summed E-state index contributed by atoms with van der Waals surface area (Å²) in [6, 6.07) is 4.23. The zero-order valence-electron chi connectivity index (χ0n) is 22.2. The van der Waals surface area contributed by atoms with E-state index in [4.69, 9.17) is 23.7 Å². The van der Waals surface area contributed by atoms with Gasteiger partial charge in [0.1, 0.15) is 12.4 Å². The molecule has 11 heteroatoms. The third kappa shape index (κ3) is 9.19. The molecule has 1 heterocycles. The number of rotatable bonds is 15. The second-order valence-corrected chi connectivity index (χ2v) is 15.4. The van der Waals surface area contributed by atoms with Gasteiger partial charge in [0, 0.05) is 20.7 Å². The Labute approximate surface area is 220 Å². The molecule has 1 aliphatic rings. The summed E-state index contributed by atoms with van der Waals surface area (Å²) in [5, 5.41) is 13.8. The lowest BCUT2D eigenvalue weighted by Gasteiger charge is -2.32. The van der Waals surface area contributed by atoms with Crippen LogP contribution < -0.4 is 15.0 Å². The third-order valence-corrected chi connectivity index (χ3v) is 7.36. The van der Waals surface area contributed by atoms with Crippen molar-refractivity contribution in [2.75, 3.05) is 45.2 Å². The molecule has 3 atom stereocenters. The third-order valence-electron chi connectivity index (χ3n) is 5.66. The topological polar surface area (TPSA) is 116 Å². The number of aliphatic hydroxyl groups excluding tert-OH is 1. The molecule has 0 aliphatic carbocycles. The number of aliphatic hydroxyl groups is 1. The van der Waals surface area contributed by atoms with Gasteiger partial charge < -0.3 is 34.1 Å². The van der Waals surface area contributed by atoms with E-state index < -0.39 is 38.4 Å². The van der Waals surface area contributed by atoms with Gasteiger partial charge in [0.25, 0.3) is 0 Å². The molecule has 0 fully saturated rings. The molecule has 1 aliphatic heterocycles. The number of benzene rings is 1. The van der Waals surface area contributed by atoms with Gasteiger partial charge in [0.2, 0.25) is 0 Å². The number of anilines is 1. The quantitative estimate of drug-likeness (QED) is 0.148.